The number of aromatic nitrogens is 4. The average molecular weight is 281 g/mol. The van der Waals surface area contributed by atoms with E-state index < -0.39 is 0 Å². The third kappa shape index (κ3) is 2.72. The number of pyridine rings is 1. The zero-order valence-corrected chi connectivity index (χ0v) is 12.5. The molecule has 1 aromatic carbocycles. The molecule has 1 atom stereocenters. The van der Waals surface area contributed by atoms with Crippen molar-refractivity contribution >= 4 is 16.7 Å². The number of para-hydroxylation sites is 1. The largest absolute Gasteiger partial charge is 0.362 e. The highest BCUT2D eigenvalue weighted by atomic mass is 15.5. The smallest absolute Gasteiger partial charge is 0.127 e. The van der Waals surface area contributed by atoms with Gasteiger partial charge in [0.25, 0.3) is 0 Å². The molecule has 0 spiro atoms. The van der Waals surface area contributed by atoms with Gasteiger partial charge in [0, 0.05) is 17.8 Å². The molecule has 0 bridgehead atoms. The minimum absolute atomic E-state index is 0.0194. The van der Waals surface area contributed by atoms with Crippen LogP contribution in [0.3, 0.4) is 0 Å². The monoisotopic (exact) mass is 281 g/mol. The van der Waals surface area contributed by atoms with Gasteiger partial charge in [-0.1, -0.05) is 38.1 Å². The van der Waals surface area contributed by atoms with Gasteiger partial charge < -0.3 is 5.32 Å². The Labute approximate surface area is 124 Å². The molecule has 5 nitrogen and oxygen atoms in total. The number of nitrogens with zero attached hydrogens (tertiary/aromatic N) is 4. The summed E-state index contributed by atoms with van der Waals surface area (Å²) >= 11 is 0. The van der Waals surface area contributed by atoms with Gasteiger partial charge in [-0.2, -0.15) is 0 Å². The summed E-state index contributed by atoms with van der Waals surface area (Å²) in [5.74, 6) is 0. The normalized spacial score (nSPS) is 13.3. The van der Waals surface area contributed by atoms with E-state index in [4.69, 9.17) is 0 Å². The fourth-order valence-corrected chi connectivity index (χ4v) is 2.33. The Kier molecular flexibility index (Phi) is 3.33. The van der Waals surface area contributed by atoms with E-state index in [0.29, 0.717) is 0 Å². The van der Waals surface area contributed by atoms with Crippen LogP contribution >= 0.6 is 0 Å². The third-order valence-electron chi connectivity index (χ3n) is 3.41. The first-order chi connectivity index (χ1) is 10.1. The molecule has 0 saturated heterocycles. The van der Waals surface area contributed by atoms with Gasteiger partial charge in [0.2, 0.25) is 0 Å². The van der Waals surface area contributed by atoms with E-state index in [1.807, 2.05) is 47.3 Å². The van der Waals surface area contributed by atoms with E-state index in [1.54, 1.807) is 6.20 Å². The van der Waals surface area contributed by atoms with E-state index in [-0.39, 0.29) is 11.6 Å². The van der Waals surface area contributed by atoms with Gasteiger partial charge in [-0.3, -0.25) is 4.98 Å². The maximum Gasteiger partial charge on any atom is 0.127 e. The van der Waals surface area contributed by atoms with Crippen LogP contribution in [-0.2, 0) is 0 Å². The Bertz CT molecular complexity index is 727. The van der Waals surface area contributed by atoms with Crippen LogP contribution in [-0.4, -0.2) is 20.0 Å². The molecule has 108 valence electrons. The van der Waals surface area contributed by atoms with Crippen molar-refractivity contribution < 1.29 is 0 Å². The maximum absolute atomic E-state index is 4.34. The molecule has 0 saturated carbocycles. The number of hydrogen-bond acceptors (Lipinski definition) is 4. The Morgan fingerprint density at radius 1 is 1.10 bits per heavy atom. The third-order valence-corrected chi connectivity index (χ3v) is 3.41. The van der Waals surface area contributed by atoms with Crippen molar-refractivity contribution in [3.8, 4) is 0 Å². The highest BCUT2D eigenvalue weighted by Crippen LogP contribution is 2.32. The summed E-state index contributed by atoms with van der Waals surface area (Å²) in [5.41, 5.74) is 2.86. The fourth-order valence-electron chi connectivity index (χ4n) is 2.33. The van der Waals surface area contributed by atoms with Crippen LogP contribution in [0.5, 0.6) is 0 Å². The van der Waals surface area contributed by atoms with Gasteiger partial charge in [-0.15, -0.1) is 5.10 Å². The lowest BCUT2D eigenvalue weighted by Gasteiger charge is -2.32. The van der Waals surface area contributed by atoms with E-state index in [2.05, 4.69) is 41.4 Å². The standard InChI is InChI=1S/C16H19N5/c1-16(2,3)15(18-12-7-6-10-17-11-12)21-14-9-5-4-8-13(14)19-20-21/h4-11,15,18H,1-3H3. The Balaban J connectivity index is 2.04. The van der Waals surface area contributed by atoms with Gasteiger partial charge in [0.15, 0.2) is 0 Å². The molecule has 0 aliphatic heterocycles. The number of anilines is 1. The molecule has 0 radical (unpaired) electrons. The van der Waals surface area contributed by atoms with Crippen LogP contribution in [0.1, 0.15) is 26.9 Å². The molecule has 0 amide bonds. The highest BCUT2D eigenvalue weighted by Gasteiger charge is 2.28. The molecule has 21 heavy (non-hydrogen) atoms. The quantitative estimate of drug-likeness (QED) is 0.798. The zero-order chi connectivity index (χ0) is 14.9. The summed E-state index contributed by atoms with van der Waals surface area (Å²) < 4.78 is 1.95. The fraction of sp³-hybridized carbons (Fsp3) is 0.312. The summed E-state index contributed by atoms with van der Waals surface area (Å²) in [5, 5.41) is 12.1. The summed E-state index contributed by atoms with van der Waals surface area (Å²) in [4.78, 5) is 4.16. The summed E-state index contributed by atoms with van der Waals surface area (Å²) in [6.07, 6.45) is 3.56. The van der Waals surface area contributed by atoms with Crippen molar-refractivity contribution in [3.05, 3.63) is 48.8 Å². The summed E-state index contributed by atoms with van der Waals surface area (Å²) in [6.45, 7) is 6.53. The highest BCUT2D eigenvalue weighted by molar-refractivity contribution is 5.74. The second-order valence-electron chi connectivity index (χ2n) is 6.18. The second-order valence-corrected chi connectivity index (χ2v) is 6.18. The average Bonchev–Trinajstić information content (AvgIpc) is 2.88. The Morgan fingerprint density at radius 3 is 2.62 bits per heavy atom. The molecule has 2 heterocycles. The van der Waals surface area contributed by atoms with Crippen LogP contribution in [0.4, 0.5) is 5.69 Å². The molecule has 0 aliphatic rings. The van der Waals surface area contributed by atoms with Crippen molar-refractivity contribution in [3.63, 3.8) is 0 Å². The number of fused-ring (bicyclic) bond motifs is 1. The molecular weight excluding hydrogens is 262 g/mol. The molecule has 5 heteroatoms. The van der Waals surface area contributed by atoms with Crippen LogP contribution < -0.4 is 5.32 Å². The van der Waals surface area contributed by atoms with Crippen LogP contribution in [0.2, 0.25) is 0 Å². The molecule has 2 aromatic heterocycles. The van der Waals surface area contributed by atoms with E-state index in [1.165, 1.54) is 0 Å². The second kappa shape index (κ2) is 5.16. The number of benzene rings is 1. The van der Waals surface area contributed by atoms with Gasteiger partial charge in [-0.25, -0.2) is 4.68 Å². The minimum atomic E-state index is -0.0354. The molecular formula is C16H19N5. The Morgan fingerprint density at radius 2 is 1.90 bits per heavy atom. The molecule has 1 unspecified atom stereocenters. The number of nitrogens with one attached hydrogen (secondary N) is 1. The van der Waals surface area contributed by atoms with Crippen molar-refractivity contribution in [2.24, 2.45) is 5.41 Å². The topological polar surface area (TPSA) is 55.6 Å². The van der Waals surface area contributed by atoms with E-state index in [9.17, 15) is 0 Å². The van der Waals surface area contributed by atoms with E-state index >= 15 is 0 Å². The molecule has 3 aromatic rings. The van der Waals surface area contributed by atoms with Crippen molar-refractivity contribution in [1.82, 2.24) is 20.0 Å². The van der Waals surface area contributed by atoms with Gasteiger partial charge in [0.1, 0.15) is 11.7 Å². The first kappa shape index (κ1) is 13.5. The lowest BCUT2D eigenvalue weighted by atomic mass is 9.92. The first-order valence-electron chi connectivity index (χ1n) is 7.02. The lowest BCUT2D eigenvalue weighted by molar-refractivity contribution is 0.256. The lowest BCUT2D eigenvalue weighted by Crippen LogP contribution is -2.32. The molecule has 3 rings (SSSR count). The predicted octanol–water partition coefficient (Wildman–Crippen LogP) is 3.48. The van der Waals surface area contributed by atoms with Crippen molar-refractivity contribution in [1.29, 1.82) is 0 Å². The summed E-state index contributed by atoms with van der Waals surface area (Å²) in [7, 11) is 0. The maximum atomic E-state index is 4.34. The van der Waals surface area contributed by atoms with Crippen LogP contribution in [0.25, 0.3) is 11.0 Å². The number of rotatable bonds is 3. The van der Waals surface area contributed by atoms with Gasteiger partial charge in [-0.05, 0) is 24.3 Å². The van der Waals surface area contributed by atoms with Gasteiger partial charge in [0.05, 0.1) is 11.2 Å². The van der Waals surface area contributed by atoms with E-state index in [0.717, 1.165) is 16.7 Å². The SMILES string of the molecule is CC(C)(C)C(Nc1cccnc1)n1nnc2ccccc21. The zero-order valence-electron chi connectivity index (χ0n) is 12.5. The van der Waals surface area contributed by atoms with Gasteiger partial charge >= 0.3 is 0 Å². The molecule has 0 fully saturated rings. The van der Waals surface area contributed by atoms with Crippen molar-refractivity contribution in [2.75, 3.05) is 5.32 Å². The predicted molar refractivity (Wildman–Crippen MR) is 83.9 cm³/mol. The van der Waals surface area contributed by atoms with Crippen LogP contribution in [0, 0.1) is 5.41 Å². The first-order valence-corrected chi connectivity index (χ1v) is 7.02. The Hall–Kier alpha value is -2.43. The van der Waals surface area contributed by atoms with Crippen molar-refractivity contribution in [2.45, 2.75) is 26.9 Å². The minimum Gasteiger partial charge on any atom is -0.362 e. The summed E-state index contributed by atoms with van der Waals surface area (Å²) in [6, 6.07) is 11.9. The molecule has 0 aliphatic carbocycles. The number of hydrogen-bond donors (Lipinski definition) is 1. The molecule has 1 N–H and O–H groups in total. The van der Waals surface area contributed by atoms with Crippen LogP contribution in [0.15, 0.2) is 48.8 Å².